The van der Waals surface area contributed by atoms with Gasteiger partial charge in [-0.25, -0.2) is 0 Å². The van der Waals surface area contributed by atoms with Crippen molar-refractivity contribution in [2.45, 2.75) is 57.9 Å². The molecule has 0 radical (unpaired) electrons. The molecule has 1 aliphatic carbocycles. The molecule has 3 heteroatoms. The van der Waals surface area contributed by atoms with Crippen molar-refractivity contribution < 1.29 is 4.79 Å². The highest BCUT2D eigenvalue weighted by Gasteiger charge is 2.30. The third-order valence-electron chi connectivity index (χ3n) is 4.31. The summed E-state index contributed by atoms with van der Waals surface area (Å²) in [5.74, 6) is 0.970. The first-order valence-corrected chi connectivity index (χ1v) is 7.28. The Bertz CT molecular complexity index is 247. The monoisotopic (exact) mass is 238 g/mol. The Morgan fingerprint density at radius 3 is 2.29 bits per heavy atom. The summed E-state index contributed by atoms with van der Waals surface area (Å²) in [6.07, 6.45) is 8.99. The molecule has 1 aliphatic heterocycles. The molecule has 2 fully saturated rings. The van der Waals surface area contributed by atoms with E-state index in [1.165, 1.54) is 44.9 Å². The molecular formula is C14H26N2O. The van der Waals surface area contributed by atoms with Crippen LogP contribution in [0.5, 0.6) is 0 Å². The van der Waals surface area contributed by atoms with Gasteiger partial charge in [-0.05, 0) is 25.3 Å². The lowest BCUT2D eigenvalue weighted by Gasteiger charge is -2.23. The van der Waals surface area contributed by atoms with E-state index in [9.17, 15) is 4.79 Å². The van der Waals surface area contributed by atoms with E-state index < -0.39 is 0 Å². The molecule has 2 atom stereocenters. The highest BCUT2D eigenvalue weighted by Crippen LogP contribution is 2.20. The van der Waals surface area contributed by atoms with Gasteiger partial charge in [0.25, 0.3) is 0 Å². The number of hydrogen-bond donors (Lipinski definition) is 2. The fourth-order valence-corrected chi connectivity index (χ4v) is 3.07. The second-order valence-corrected chi connectivity index (χ2v) is 5.79. The van der Waals surface area contributed by atoms with Crippen LogP contribution in [0.15, 0.2) is 0 Å². The summed E-state index contributed by atoms with van der Waals surface area (Å²) in [6.45, 7) is 4.02. The quantitative estimate of drug-likeness (QED) is 0.773. The zero-order chi connectivity index (χ0) is 12.1. The van der Waals surface area contributed by atoms with Crippen molar-refractivity contribution in [3.05, 3.63) is 0 Å². The molecule has 0 aromatic heterocycles. The van der Waals surface area contributed by atoms with Gasteiger partial charge in [0.15, 0.2) is 0 Å². The predicted molar refractivity (Wildman–Crippen MR) is 69.8 cm³/mol. The number of hydrogen-bond acceptors (Lipinski definition) is 2. The number of carbonyl (C=O) groups excluding carboxylic acids is 1. The first kappa shape index (κ1) is 12.9. The first-order chi connectivity index (χ1) is 8.27. The van der Waals surface area contributed by atoms with E-state index in [-0.39, 0.29) is 11.8 Å². The summed E-state index contributed by atoms with van der Waals surface area (Å²) >= 11 is 0. The van der Waals surface area contributed by atoms with Gasteiger partial charge in [0.2, 0.25) is 5.91 Å². The number of amides is 1. The molecular weight excluding hydrogens is 212 g/mol. The maximum atomic E-state index is 12.2. The summed E-state index contributed by atoms with van der Waals surface area (Å²) in [4.78, 5) is 12.2. The summed E-state index contributed by atoms with van der Waals surface area (Å²) in [5, 5.41) is 6.58. The SMILES string of the molecule is CC1CNCC1C(=O)NC1CCCCCCC1. The van der Waals surface area contributed by atoms with Crippen molar-refractivity contribution in [3.63, 3.8) is 0 Å². The number of rotatable bonds is 2. The van der Waals surface area contributed by atoms with Gasteiger partial charge in [-0.1, -0.05) is 39.0 Å². The Balaban J connectivity index is 1.79. The van der Waals surface area contributed by atoms with Crippen LogP contribution in [0.25, 0.3) is 0 Å². The molecule has 0 bridgehead atoms. The van der Waals surface area contributed by atoms with Gasteiger partial charge in [0.05, 0.1) is 5.92 Å². The maximum absolute atomic E-state index is 12.2. The van der Waals surface area contributed by atoms with E-state index in [2.05, 4.69) is 17.6 Å². The Labute approximate surface area is 105 Å². The van der Waals surface area contributed by atoms with Gasteiger partial charge in [-0.3, -0.25) is 4.79 Å². The lowest BCUT2D eigenvalue weighted by Crippen LogP contribution is -2.41. The van der Waals surface area contributed by atoms with E-state index in [1.807, 2.05) is 0 Å². The molecule has 2 aliphatic rings. The molecule has 0 spiro atoms. The molecule has 2 N–H and O–H groups in total. The Hall–Kier alpha value is -0.570. The lowest BCUT2D eigenvalue weighted by atomic mass is 9.94. The summed E-state index contributed by atoms with van der Waals surface area (Å²) in [5.41, 5.74) is 0. The lowest BCUT2D eigenvalue weighted by molar-refractivity contribution is -0.126. The standard InChI is InChI=1S/C14H26N2O/c1-11-9-15-10-13(11)14(17)16-12-7-5-3-2-4-6-8-12/h11-13,15H,2-10H2,1H3,(H,16,17). The molecule has 1 saturated carbocycles. The van der Waals surface area contributed by atoms with E-state index in [0.717, 1.165) is 13.1 Å². The molecule has 3 nitrogen and oxygen atoms in total. The van der Waals surface area contributed by atoms with Gasteiger partial charge >= 0.3 is 0 Å². The van der Waals surface area contributed by atoms with Gasteiger partial charge < -0.3 is 10.6 Å². The second kappa shape index (κ2) is 6.39. The van der Waals surface area contributed by atoms with Gasteiger partial charge in [0, 0.05) is 12.6 Å². The number of nitrogens with one attached hydrogen (secondary N) is 2. The minimum Gasteiger partial charge on any atom is -0.353 e. The second-order valence-electron chi connectivity index (χ2n) is 5.79. The van der Waals surface area contributed by atoms with Crippen molar-refractivity contribution in [2.75, 3.05) is 13.1 Å². The van der Waals surface area contributed by atoms with E-state index in [1.54, 1.807) is 0 Å². The zero-order valence-electron chi connectivity index (χ0n) is 11.0. The van der Waals surface area contributed by atoms with E-state index in [0.29, 0.717) is 12.0 Å². The zero-order valence-corrected chi connectivity index (χ0v) is 11.0. The van der Waals surface area contributed by atoms with Crippen LogP contribution in [0.2, 0.25) is 0 Å². The topological polar surface area (TPSA) is 41.1 Å². The van der Waals surface area contributed by atoms with Crippen LogP contribution in [0.3, 0.4) is 0 Å². The molecule has 17 heavy (non-hydrogen) atoms. The smallest absolute Gasteiger partial charge is 0.224 e. The van der Waals surface area contributed by atoms with Crippen molar-refractivity contribution in [2.24, 2.45) is 11.8 Å². The largest absolute Gasteiger partial charge is 0.353 e. The molecule has 0 aromatic rings. The van der Waals surface area contributed by atoms with Crippen molar-refractivity contribution >= 4 is 5.91 Å². The van der Waals surface area contributed by atoms with Crippen LogP contribution in [0.4, 0.5) is 0 Å². The van der Waals surface area contributed by atoms with Crippen molar-refractivity contribution in [3.8, 4) is 0 Å². The molecule has 1 amide bonds. The molecule has 1 saturated heterocycles. The molecule has 1 heterocycles. The van der Waals surface area contributed by atoms with Gasteiger partial charge in [0.1, 0.15) is 0 Å². The Morgan fingerprint density at radius 1 is 1.06 bits per heavy atom. The highest BCUT2D eigenvalue weighted by molar-refractivity contribution is 5.79. The molecule has 2 rings (SSSR count). The fraction of sp³-hybridized carbons (Fsp3) is 0.929. The van der Waals surface area contributed by atoms with Crippen LogP contribution in [0.1, 0.15) is 51.9 Å². The van der Waals surface area contributed by atoms with Crippen LogP contribution < -0.4 is 10.6 Å². The number of carbonyl (C=O) groups is 1. The van der Waals surface area contributed by atoms with Crippen molar-refractivity contribution in [1.82, 2.24) is 10.6 Å². The maximum Gasteiger partial charge on any atom is 0.224 e. The Morgan fingerprint density at radius 2 is 1.71 bits per heavy atom. The average molecular weight is 238 g/mol. The first-order valence-electron chi connectivity index (χ1n) is 7.28. The summed E-state index contributed by atoms with van der Waals surface area (Å²) in [7, 11) is 0. The third-order valence-corrected chi connectivity index (χ3v) is 4.31. The summed E-state index contributed by atoms with van der Waals surface area (Å²) in [6, 6.07) is 0.440. The molecule has 0 aromatic carbocycles. The fourth-order valence-electron chi connectivity index (χ4n) is 3.07. The van der Waals surface area contributed by atoms with Crippen LogP contribution in [-0.2, 0) is 4.79 Å². The van der Waals surface area contributed by atoms with Crippen molar-refractivity contribution in [1.29, 1.82) is 0 Å². The predicted octanol–water partition coefficient (Wildman–Crippen LogP) is 2.07. The van der Waals surface area contributed by atoms with E-state index in [4.69, 9.17) is 0 Å². The summed E-state index contributed by atoms with van der Waals surface area (Å²) < 4.78 is 0. The van der Waals surface area contributed by atoms with E-state index >= 15 is 0 Å². The Kier molecular flexibility index (Phi) is 4.84. The van der Waals surface area contributed by atoms with Gasteiger partial charge in [-0.2, -0.15) is 0 Å². The molecule has 2 unspecified atom stereocenters. The minimum absolute atomic E-state index is 0.195. The van der Waals surface area contributed by atoms with Gasteiger partial charge in [-0.15, -0.1) is 0 Å². The molecule has 98 valence electrons. The van der Waals surface area contributed by atoms with Crippen LogP contribution in [0, 0.1) is 11.8 Å². The van der Waals surface area contributed by atoms with Crippen LogP contribution in [-0.4, -0.2) is 25.0 Å². The third kappa shape index (κ3) is 3.70. The average Bonchev–Trinajstić information content (AvgIpc) is 2.68. The van der Waals surface area contributed by atoms with Crippen LogP contribution >= 0.6 is 0 Å². The minimum atomic E-state index is 0.195. The highest BCUT2D eigenvalue weighted by atomic mass is 16.2. The normalized spacial score (nSPS) is 31.8.